The zero-order valence-electron chi connectivity index (χ0n) is 28.7. The highest BCUT2D eigenvalue weighted by Crippen LogP contribution is 2.16. The number of rotatable bonds is 34. The summed E-state index contributed by atoms with van der Waals surface area (Å²) in [4.78, 5) is 11.9. The van der Waals surface area contributed by atoms with Crippen LogP contribution in [0.5, 0.6) is 0 Å². The van der Waals surface area contributed by atoms with Crippen LogP contribution in [0.15, 0.2) is 12.2 Å². The highest BCUT2D eigenvalue weighted by atomic mass is 16.5. The molecular formula is C39H76O2. The Hall–Kier alpha value is -0.790. The Labute approximate surface area is 259 Å². The van der Waals surface area contributed by atoms with Crippen LogP contribution >= 0.6 is 0 Å². The van der Waals surface area contributed by atoms with Crippen LogP contribution in [-0.4, -0.2) is 12.6 Å². The summed E-state index contributed by atoms with van der Waals surface area (Å²) >= 11 is 0. The van der Waals surface area contributed by atoms with Gasteiger partial charge in [0.1, 0.15) is 0 Å². The van der Waals surface area contributed by atoms with Gasteiger partial charge in [0.25, 0.3) is 0 Å². The van der Waals surface area contributed by atoms with Gasteiger partial charge in [-0.15, -0.1) is 0 Å². The molecule has 0 aromatic carbocycles. The Morgan fingerprint density at radius 3 is 1.37 bits per heavy atom. The lowest BCUT2D eigenvalue weighted by Crippen LogP contribution is -2.05. The Morgan fingerprint density at radius 1 is 0.512 bits per heavy atom. The van der Waals surface area contributed by atoms with Gasteiger partial charge in [-0.05, 0) is 44.4 Å². The lowest BCUT2D eigenvalue weighted by atomic mass is 9.99. The summed E-state index contributed by atoms with van der Waals surface area (Å²) in [6, 6.07) is 0. The lowest BCUT2D eigenvalue weighted by Gasteiger charge is -2.07. The first-order valence-electron chi connectivity index (χ1n) is 19.0. The summed E-state index contributed by atoms with van der Waals surface area (Å²) in [5.41, 5.74) is 0. The molecule has 41 heavy (non-hydrogen) atoms. The average molecular weight is 577 g/mol. The highest BCUT2D eigenvalue weighted by Gasteiger charge is 2.03. The topological polar surface area (TPSA) is 26.3 Å². The summed E-state index contributed by atoms with van der Waals surface area (Å²) in [6.07, 6.45) is 45.6. The predicted molar refractivity (Wildman–Crippen MR) is 184 cm³/mol. The van der Waals surface area contributed by atoms with Gasteiger partial charge in [0.15, 0.2) is 0 Å². The fourth-order valence-electron chi connectivity index (χ4n) is 5.70. The maximum Gasteiger partial charge on any atom is 0.305 e. The van der Waals surface area contributed by atoms with E-state index < -0.39 is 0 Å². The van der Waals surface area contributed by atoms with Crippen molar-refractivity contribution in [3.8, 4) is 0 Å². The summed E-state index contributed by atoms with van der Waals surface area (Å²) in [5.74, 6) is 0.940. The fourth-order valence-corrected chi connectivity index (χ4v) is 5.70. The van der Waals surface area contributed by atoms with Crippen molar-refractivity contribution in [2.75, 3.05) is 6.61 Å². The largest absolute Gasteiger partial charge is 0.466 e. The van der Waals surface area contributed by atoms with Gasteiger partial charge in [0.05, 0.1) is 6.61 Å². The van der Waals surface area contributed by atoms with E-state index in [1.54, 1.807) is 0 Å². The molecule has 244 valence electrons. The van der Waals surface area contributed by atoms with Crippen LogP contribution in [0.4, 0.5) is 0 Å². The summed E-state index contributed by atoms with van der Waals surface area (Å²) in [6.45, 7) is 7.60. The molecule has 0 saturated carbocycles. The molecule has 0 amide bonds. The van der Waals surface area contributed by atoms with Crippen molar-refractivity contribution in [1.82, 2.24) is 0 Å². The molecule has 0 aliphatic heterocycles. The van der Waals surface area contributed by atoms with Crippen molar-refractivity contribution in [1.29, 1.82) is 0 Å². The molecule has 2 nitrogen and oxygen atoms in total. The van der Waals surface area contributed by atoms with E-state index >= 15 is 0 Å². The lowest BCUT2D eigenvalue weighted by molar-refractivity contribution is -0.143. The highest BCUT2D eigenvalue weighted by molar-refractivity contribution is 5.69. The van der Waals surface area contributed by atoms with Crippen LogP contribution in [0.25, 0.3) is 0 Å². The van der Waals surface area contributed by atoms with Crippen LogP contribution < -0.4 is 0 Å². The summed E-state index contributed by atoms with van der Waals surface area (Å²) < 4.78 is 5.45. The molecule has 0 aromatic heterocycles. The Bertz CT molecular complexity index is 526. The second-order valence-electron chi connectivity index (χ2n) is 13.2. The van der Waals surface area contributed by atoms with Crippen LogP contribution in [0, 0.1) is 5.92 Å². The van der Waals surface area contributed by atoms with E-state index in [-0.39, 0.29) is 5.97 Å². The van der Waals surface area contributed by atoms with E-state index in [9.17, 15) is 4.79 Å². The number of carbonyl (C=O) groups is 1. The van der Waals surface area contributed by atoms with E-state index in [1.165, 1.54) is 180 Å². The quantitative estimate of drug-likeness (QED) is 0.0432. The van der Waals surface area contributed by atoms with E-state index in [1.807, 2.05) is 0 Å². The predicted octanol–water partition coefficient (Wildman–Crippen LogP) is 13.9. The molecule has 0 aliphatic carbocycles. The number of carbonyl (C=O) groups excluding carboxylic acids is 1. The molecule has 0 fully saturated rings. The number of esters is 1. The molecule has 0 aromatic rings. The molecule has 1 atom stereocenters. The number of hydrogen-bond donors (Lipinski definition) is 0. The molecule has 0 N–H and O–H groups in total. The minimum atomic E-state index is 0.0233. The van der Waals surface area contributed by atoms with Gasteiger partial charge in [0, 0.05) is 6.42 Å². The van der Waals surface area contributed by atoms with E-state index in [4.69, 9.17) is 4.74 Å². The molecule has 0 radical (unpaired) electrons. The number of hydrogen-bond acceptors (Lipinski definition) is 2. The van der Waals surface area contributed by atoms with Gasteiger partial charge >= 0.3 is 5.97 Å². The maximum atomic E-state index is 11.9. The third-order valence-electron chi connectivity index (χ3n) is 8.94. The van der Waals surface area contributed by atoms with Crippen molar-refractivity contribution in [2.24, 2.45) is 5.92 Å². The number of unbranched alkanes of at least 4 members (excludes halogenated alkanes) is 25. The second-order valence-corrected chi connectivity index (χ2v) is 13.2. The van der Waals surface area contributed by atoms with Gasteiger partial charge in [-0.2, -0.15) is 0 Å². The van der Waals surface area contributed by atoms with E-state index in [2.05, 4.69) is 32.9 Å². The molecule has 0 spiro atoms. The van der Waals surface area contributed by atoms with Crippen LogP contribution in [-0.2, 0) is 9.53 Å². The van der Waals surface area contributed by atoms with E-state index in [0.717, 1.165) is 18.8 Å². The third kappa shape index (κ3) is 35.3. The van der Waals surface area contributed by atoms with Crippen LogP contribution in [0.1, 0.15) is 220 Å². The third-order valence-corrected chi connectivity index (χ3v) is 8.94. The van der Waals surface area contributed by atoms with Gasteiger partial charge in [-0.25, -0.2) is 0 Å². The molecule has 0 saturated heterocycles. The first kappa shape index (κ1) is 40.2. The first-order chi connectivity index (χ1) is 20.2. The minimum absolute atomic E-state index is 0.0233. The van der Waals surface area contributed by atoms with Gasteiger partial charge in [-0.1, -0.05) is 187 Å². The molecule has 0 aliphatic rings. The number of ether oxygens (including phenoxy) is 1. The fraction of sp³-hybridized carbons (Fsp3) is 0.923. The molecule has 0 rings (SSSR count). The molecular weight excluding hydrogens is 500 g/mol. The molecule has 0 heterocycles. The second kappa shape index (κ2) is 35.4. The average Bonchev–Trinajstić information content (AvgIpc) is 2.98. The molecule has 0 bridgehead atoms. The standard InChI is InChI=1S/C39H76O2/c1-4-6-7-8-9-10-11-12-13-14-15-16-17-18-21-24-27-30-33-36-39(40)41-37-34-31-28-25-22-19-20-23-26-29-32-35-38(3)5-2/h12-13,38H,4-11,14-37H2,1-3H3/b13-12+. The van der Waals surface area contributed by atoms with Crippen molar-refractivity contribution in [3.63, 3.8) is 0 Å². The zero-order valence-corrected chi connectivity index (χ0v) is 28.7. The zero-order chi connectivity index (χ0) is 29.9. The minimum Gasteiger partial charge on any atom is -0.466 e. The summed E-state index contributed by atoms with van der Waals surface area (Å²) in [7, 11) is 0. The van der Waals surface area contributed by atoms with Crippen LogP contribution in [0.2, 0.25) is 0 Å². The van der Waals surface area contributed by atoms with Gasteiger partial charge in [-0.3, -0.25) is 4.79 Å². The van der Waals surface area contributed by atoms with E-state index in [0.29, 0.717) is 13.0 Å². The van der Waals surface area contributed by atoms with Gasteiger partial charge < -0.3 is 4.74 Å². The van der Waals surface area contributed by atoms with Gasteiger partial charge in [0.2, 0.25) is 0 Å². The Kier molecular flexibility index (Phi) is 34.7. The Balaban J connectivity index is 3.19. The van der Waals surface area contributed by atoms with Crippen LogP contribution in [0.3, 0.4) is 0 Å². The van der Waals surface area contributed by atoms with Crippen molar-refractivity contribution >= 4 is 5.97 Å². The van der Waals surface area contributed by atoms with Crippen molar-refractivity contribution in [3.05, 3.63) is 12.2 Å². The smallest absolute Gasteiger partial charge is 0.305 e. The maximum absolute atomic E-state index is 11.9. The molecule has 2 heteroatoms. The SMILES string of the molecule is CCCCCCCC/C=C/CCCCCCCCCCCC(=O)OCCCCCCCCCCCCCC(C)CC. The normalized spacial score (nSPS) is 12.4. The van der Waals surface area contributed by atoms with Crippen molar-refractivity contribution in [2.45, 2.75) is 220 Å². The number of allylic oxidation sites excluding steroid dienone is 2. The first-order valence-corrected chi connectivity index (χ1v) is 19.0. The monoisotopic (exact) mass is 577 g/mol. The van der Waals surface area contributed by atoms with Crippen molar-refractivity contribution < 1.29 is 9.53 Å². The summed E-state index contributed by atoms with van der Waals surface area (Å²) in [5, 5.41) is 0. The Morgan fingerprint density at radius 2 is 0.902 bits per heavy atom. The molecule has 1 unspecified atom stereocenters.